The number of hydrogen-bond acceptors (Lipinski definition) is 5. The maximum absolute atomic E-state index is 11.7. The molecule has 0 aliphatic carbocycles. The Balaban J connectivity index is 1.89. The smallest absolute Gasteiger partial charge is 0.271 e. The van der Waals surface area contributed by atoms with Crippen LogP contribution in [0.3, 0.4) is 0 Å². The van der Waals surface area contributed by atoms with Gasteiger partial charge in [0.25, 0.3) is 5.91 Å². The molecule has 1 atom stereocenters. The molecule has 0 aromatic carbocycles. The highest BCUT2D eigenvalue weighted by Gasteiger charge is 2.32. The lowest BCUT2D eigenvalue weighted by Crippen LogP contribution is -2.25. The second kappa shape index (κ2) is 7.61. The molecule has 2 aromatic rings. The second-order valence-corrected chi connectivity index (χ2v) is 7.43. The summed E-state index contributed by atoms with van der Waals surface area (Å²) < 4.78 is 1.90. The Morgan fingerprint density at radius 3 is 2.77 bits per heavy atom. The van der Waals surface area contributed by atoms with Crippen LogP contribution >= 0.6 is 11.6 Å². The van der Waals surface area contributed by atoms with E-state index in [-0.39, 0.29) is 11.9 Å². The number of aromatic nitrogens is 4. The van der Waals surface area contributed by atoms with Crippen LogP contribution in [0.1, 0.15) is 54.5 Å². The quantitative estimate of drug-likeness (QED) is 0.868. The summed E-state index contributed by atoms with van der Waals surface area (Å²) in [6.07, 6.45) is 2.04. The van der Waals surface area contributed by atoms with E-state index in [1.54, 1.807) is 13.1 Å². The van der Waals surface area contributed by atoms with Gasteiger partial charge in [-0.25, -0.2) is 0 Å². The molecule has 1 aliphatic heterocycles. The number of rotatable bonds is 5. The molecule has 1 saturated heterocycles. The van der Waals surface area contributed by atoms with Gasteiger partial charge in [-0.3, -0.25) is 9.48 Å². The van der Waals surface area contributed by atoms with E-state index in [2.05, 4.69) is 39.4 Å². The van der Waals surface area contributed by atoms with Crippen LogP contribution in [0.25, 0.3) is 0 Å². The number of aryl methyl sites for hydroxylation is 1. The maximum Gasteiger partial charge on any atom is 0.271 e. The van der Waals surface area contributed by atoms with Crippen LogP contribution in [0, 0.1) is 12.8 Å². The molecular weight excluding hydrogens is 352 g/mol. The minimum absolute atomic E-state index is 0.128. The molecule has 3 rings (SSSR count). The molecule has 2 aromatic heterocycles. The largest absolute Gasteiger partial charge is 0.354 e. The van der Waals surface area contributed by atoms with Crippen molar-refractivity contribution >= 4 is 23.3 Å². The van der Waals surface area contributed by atoms with E-state index >= 15 is 0 Å². The standard InChI is InChI=1S/C18H25ClN6O/c1-11(2)10-25-17(19)16(12(3)23-25)14-6-5-9-24(14)15-8-7-13(21-22-15)18(26)20-4/h7-8,11,14H,5-6,9-10H2,1-4H3,(H,20,26). The summed E-state index contributed by atoms with van der Waals surface area (Å²) in [5, 5.41) is 16.2. The average molecular weight is 377 g/mol. The Morgan fingerprint density at radius 2 is 2.15 bits per heavy atom. The SMILES string of the molecule is CNC(=O)c1ccc(N2CCCC2c2c(C)nn(CC(C)C)c2Cl)nn1. The molecule has 0 saturated carbocycles. The Labute approximate surface area is 158 Å². The first-order chi connectivity index (χ1) is 12.4. The highest BCUT2D eigenvalue weighted by Crippen LogP contribution is 2.39. The molecule has 3 heterocycles. The zero-order chi connectivity index (χ0) is 18.8. The van der Waals surface area contributed by atoms with E-state index in [4.69, 9.17) is 11.6 Å². The monoisotopic (exact) mass is 376 g/mol. The topological polar surface area (TPSA) is 75.9 Å². The molecule has 0 spiro atoms. The fraction of sp³-hybridized carbons (Fsp3) is 0.556. The van der Waals surface area contributed by atoms with E-state index < -0.39 is 0 Å². The van der Waals surface area contributed by atoms with Gasteiger partial charge < -0.3 is 10.2 Å². The summed E-state index contributed by atoms with van der Waals surface area (Å²) >= 11 is 6.68. The third kappa shape index (κ3) is 3.53. The fourth-order valence-electron chi connectivity index (χ4n) is 3.48. The maximum atomic E-state index is 11.7. The number of nitrogens with one attached hydrogen (secondary N) is 1. The van der Waals surface area contributed by atoms with Crippen molar-refractivity contribution in [3.63, 3.8) is 0 Å². The molecule has 26 heavy (non-hydrogen) atoms. The second-order valence-electron chi connectivity index (χ2n) is 7.07. The minimum Gasteiger partial charge on any atom is -0.354 e. The Hall–Kier alpha value is -2.15. The van der Waals surface area contributed by atoms with E-state index in [9.17, 15) is 4.79 Å². The highest BCUT2D eigenvalue weighted by atomic mass is 35.5. The molecule has 7 nitrogen and oxygen atoms in total. The molecule has 1 amide bonds. The van der Waals surface area contributed by atoms with Crippen LogP contribution in [-0.4, -0.2) is 39.5 Å². The van der Waals surface area contributed by atoms with Gasteiger partial charge in [-0.05, 0) is 37.8 Å². The third-order valence-electron chi connectivity index (χ3n) is 4.64. The molecule has 0 bridgehead atoms. The summed E-state index contributed by atoms with van der Waals surface area (Å²) in [5.41, 5.74) is 2.34. The van der Waals surface area contributed by atoms with Gasteiger partial charge in [-0.1, -0.05) is 25.4 Å². The van der Waals surface area contributed by atoms with Gasteiger partial charge in [0.05, 0.1) is 11.7 Å². The number of carbonyl (C=O) groups excluding carboxylic acids is 1. The van der Waals surface area contributed by atoms with Crippen LogP contribution in [-0.2, 0) is 6.54 Å². The van der Waals surface area contributed by atoms with Gasteiger partial charge in [0, 0.05) is 25.7 Å². The fourth-order valence-corrected chi connectivity index (χ4v) is 3.85. The van der Waals surface area contributed by atoms with E-state index in [1.165, 1.54) is 0 Å². The van der Waals surface area contributed by atoms with Gasteiger partial charge >= 0.3 is 0 Å². The molecule has 1 aliphatic rings. The lowest BCUT2D eigenvalue weighted by Gasteiger charge is -2.25. The van der Waals surface area contributed by atoms with Crippen molar-refractivity contribution in [2.45, 2.75) is 46.2 Å². The van der Waals surface area contributed by atoms with Crippen molar-refractivity contribution in [3.8, 4) is 0 Å². The predicted octanol–water partition coefficient (Wildman–Crippen LogP) is 2.99. The third-order valence-corrected chi connectivity index (χ3v) is 5.04. The van der Waals surface area contributed by atoms with Crippen molar-refractivity contribution in [1.29, 1.82) is 0 Å². The molecule has 1 unspecified atom stereocenters. The van der Waals surface area contributed by atoms with Crippen LogP contribution in [0.5, 0.6) is 0 Å². The average Bonchev–Trinajstić information content (AvgIpc) is 3.18. The normalized spacial score (nSPS) is 17.2. The molecule has 140 valence electrons. The minimum atomic E-state index is -0.240. The van der Waals surface area contributed by atoms with Crippen LogP contribution in [0.2, 0.25) is 5.15 Å². The summed E-state index contributed by atoms with van der Waals surface area (Å²) in [7, 11) is 1.58. The molecular formula is C18H25ClN6O. The Kier molecular flexibility index (Phi) is 5.46. The Morgan fingerprint density at radius 1 is 1.38 bits per heavy atom. The van der Waals surface area contributed by atoms with E-state index in [0.717, 1.165) is 43.0 Å². The lowest BCUT2D eigenvalue weighted by molar-refractivity contribution is 0.0957. The molecule has 0 radical (unpaired) electrons. The summed E-state index contributed by atoms with van der Waals surface area (Å²) in [6, 6.07) is 3.67. The molecule has 1 N–H and O–H groups in total. The zero-order valence-corrected chi connectivity index (χ0v) is 16.4. The predicted molar refractivity (Wildman–Crippen MR) is 102 cm³/mol. The van der Waals surface area contributed by atoms with Gasteiger partial charge in [0.2, 0.25) is 0 Å². The van der Waals surface area contributed by atoms with Crippen molar-refractivity contribution in [3.05, 3.63) is 34.2 Å². The summed E-state index contributed by atoms with van der Waals surface area (Å²) in [5.74, 6) is 0.991. The number of amides is 1. The van der Waals surface area contributed by atoms with Crippen LogP contribution in [0.15, 0.2) is 12.1 Å². The number of halogens is 1. The van der Waals surface area contributed by atoms with Gasteiger partial charge in [-0.2, -0.15) is 5.10 Å². The molecule has 8 heteroatoms. The van der Waals surface area contributed by atoms with Crippen LogP contribution < -0.4 is 10.2 Å². The Bertz CT molecular complexity index is 786. The zero-order valence-electron chi connectivity index (χ0n) is 15.7. The number of hydrogen-bond donors (Lipinski definition) is 1. The summed E-state index contributed by atoms with van der Waals surface area (Å²) in [4.78, 5) is 13.9. The van der Waals surface area contributed by atoms with Gasteiger partial charge in [0.15, 0.2) is 11.5 Å². The van der Waals surface area contributed by atoms with Crippen molar-refractivity contribution in [1.82, 2.24) is 25.3 Å². The first-order valence-electron chi connectivity index (χ1n) is 8.97. The van der Waals surface area contributed by atoms with Crippen molar-refractivity contribution < 1.29 is 4.79 Å². The first-order valence-corrected chi connectivity index (χ1v) is 9.35. The summed E-state index contributed by atoms with van der Waals surface area (Å²) in [6.45, 7) is 7.99. The first kappa shape index (κ1) is 18.6. The highest BCUT2D eigenvalue weighted by molar-refractivity contribution is 6.30. The van der Waals surface area contributed by atoms with E-state index in [0.29, 0.717) is 16.8 Å². The van der Waals surface area contributed by atoms with Gasteiger partial charge in [-0.15, -0.1) is 10.2 Å². The number of anilines is 1. The molecule has 1 fully saturated rings. The lowest BCUT2D eigenvalue weighted by atomic mass is 10.1. The van der Waals surface area contributed by atoms with Crippen molar-refractivity contribution in [2.75, 3.05) is 18.5 Å². The number of carbonyl (C=O) groups is 1. The van der Waals surface area contributed by atoms with Crippen LogP contribution in [0.4, 0.5) is 5.82 Å². The van der Waals surface area contributed by atoms with E-state index in [1.807, 2.05) is 17.7 Å². The van der Waals surface area contributed by atoms with Gasteiger partial charge in [0.1, 0.15) is 5.15 Å². The van der Waals surface area contributed by atoms with Crippen molar-refractivity contribution in [2.24, 2.45) is 5.92 Å². The number of nitrogens with zero attached hydrogens (tertiary/aromatic N) is 5.